The highest BCUT2D eigenvalue weighted by Crippen LogP contribution is 2.24. The molecule has 1 aromatic rings. The van der Waals surface area contributed by atoms with E-state index in [-0.39, 0.29) is 29.9 Å². The van der Waals surface area contributed by atoms with Gasteiger partial charge in [0.15, 0.2) is 0 Å². The highest BCUT2D eigenvalue weighted by molar-refractivity contribution is 5.91. The van der Waals surface area contributed by atoms with Crippen molar-refractivity contribution in [1.82, 2.24) is 5.32 Å². The molecule has 0 aromatic heterocycles. The van der Waals surface area contributed by atoms with E-state index < -0.39 is 36.2 Å². The molecule has 2 amide bonds. The lowest BCUT2D eigenvalue weighted by Gasteiger charge is -2.29. The number of carbonyl (C=O) groups excluding carboxylic acids is 3. The number of nitrogens with one attached hydrogen (secondary N) is 2. The van der Waals surface area contributed by atoms with Gasteiger partial charge in [-0.1, -0.05) is 63.3 Å². The van der Waals surface area contributed by atoms with Gasteiger partial charge in [-0.15, -0.1) is 0 Å². The lowest BCUT2D eigenvalue weighted by atomic mass is 9.90. The van der Waals surface area contributed by atoms with Gasteiger partial charge >= 0.3 is 5.97 Å². The van der Waals surface area contributed by atoms with E-state index in [1.165, 1.54) is 13.2 Å². The summed E-state index contributed by atoms with van der Waals surface area (Å²) in [5.74, 6) is -1.63. The van der Waals surface area contributed by atoms with Gasteiger partial charge < -0.3 is 30.3 Å². The highest BCUT2D eigenvalue weighted by atomic mass is 16.5. The Morgan fingerprint density at radius 1 is 1.14 bits per heavy atom. The molecule has 6 atom stereocenters. The summed E-state index contributed by atoms with van der Waals surface area (Å²) in [7, 11) is 1.53. The molecule has 9 nitrogen and oxygen atoms in total. The Hall–Kier alpha value is -3.69. The Morgan fingerprint density at radius 3 is 2.56 bits per heavy atom. The van der Waals surface area contributed by atoms with Crippen LogP contribution in [0, 0.1) is 11.8 Å². The van der Waals surface area contributed by atoms with Crippen LogP contribution in [0.1, 0.15) is 65.9 Å². The summed E-state index contributed by atoms with van der Waals surface area (Å²) in [5, 5.41) is 27.0. The van der Waals surface area contributed by atoms with Crippen LogP contribution >= 0.6 is 0 Å². The largest absolute Gasteiger partial charge is 0.508 e. The van der Waals surface area contributed by atoms with Crippen LogP contribution in [0.3, 0.4) is 0 Å². The number of amides is 2. The quantitative estimate of drug-likeness (QED) is 0.264. The van der Waals surface area contributed by atoms with Gasteiger partial charge in [0.25, 0.3) is 0 Å². The second-order valence-electron chi connectivity index (χ2n) is 11.2. The molecule has 236 valence electrons. The third kappa shape index (κ3) is 12.2. The summed E-state index contributed by atoms with van der Waals surface area (Å²) < 4.78 is 11.3. The number of methoxy groups -OCH3 is 1. The Morgan fingerprint density at radius 2 is 1.86 bits per heavy atom. The lowest BCUT2D eigenvalue weighted by molar-refractivity contribution is -0.156. The number of aromatic hydroxyl groups is 1. The van der Waals surface area contributed by atoms with Crippen molar-refractivity contribution in [2.24, 2.45) is 11.8 Å². The predicted octanol–water partition coefficient (Wildman–Crippen LogP) is 5.15. The number of ether oxygens (including phenoxy) is 2. The molecule has 0 saturated heterocycles. The second kappa shape index (κ2) is 18.1. The van der Waals surface area contributed by atoms with E-state index in [0.717, 1.165) is 11.1 Å². The average Bonchev–Trinajstić information content (AvgIpc) is 2.96. The smallest absolute Gasteiger partial charge is 0.328 e. The molecule has 1 aliphatic heterocycles. The van der Waals surface area contributed by atoms with Gasteiger partial charge in [0.1, 0.15) is 17.9 Å². The topological polar surface area (TPSA) is 134 Å². The number of aryl methyl sites for hydroxylation is 1. The minimum Gasteiger partial charge on any atom is -0.508 e. The molecule has 0 radical (unpaired) electrons. The number of carbonyl (C=O) groups is 3. The maximum Gasteiger partial charge on any atom is 0.328 e. The molecule has 2 bridgehead atoms. The zero-order chi connectivity index (χ0) is 31.9. The van der Waals surface area contributed by atoms with Crippen LogP contribution in [-0.2, 0) is 30.3 Å². The molecule has 0 spiro atoms. The SMILES string of the molecule is CCC(C)C(=O)NC(C)C(=O)OC1C\C=C/C=C/C=C/C(OC)CC(=O)Nc2cc(O)cc(c2)CC/C=C(\C)C(O)C1C. The van der Waals surface area contributed by atoms with Gasteiger partial charge in [-0.25, -0.2) is 4.79 Å². The molecule has 4 N–H and O–H groups in total. The first-order chi connectivity index (χ1) is 20.4. The fraction of sp³-hybridized carbons (Fsp3) is 0.500. The summed E-state index contributed by atoms with van der Waals surface area (Å²) in [6.45, 7) is 8.96. The third-order valence-corrected chi connectivity index (χ3v) is 7.60. The molecule has 2 rings (SSSR count). The van der Waals surface area contributed by atoms with Crippen molar-refractivity contribution in [3.05, 3.63) is 71.9 Å². The summed E-state index contributed by atoms with van der Waals surface area (Å²) in [6.07, 6.45) is 13.0. The van der Waals surface area contributed by atoms with Crippen molar-refractivity contribution in [2.75, 3.05) is 12.4 Å². The second-order valence-corrected chi connectivity index (χ2v) is 11.2. The van der Waals surface area contributed by atoms with Gasteiger partial charge in [-0.2, -0.15) is 0 Å². The van der Waals surface area contributed by atoms with E-state index in [4.69, 9.17) is 9.47 Å². The number of aliphatic hydroxyl groups is 1. The summed E-state index contributed by atoms with van der Waals surface area (Å²) in [4.78, 5) is 37.9. The monoisotopic (exact) mass is 596 g/mol. The van der Waals surface area contributed by atoms with Crippen LogP contribution in [0.2, 0.25) is 0 Å². The zero-order valence-corrected chi connectivity index (χ0v) is 26.2. The number of rotatable bonds is 6. The molecule has 6 unspecified atom stereocenters. The standard InChI is InChI=1S/C34H48N2O7/c1-7-22(2)33(40)35-25(5)34(41)43-30-17-12-10-8-9-11-16-29(42-6)21-31(38)36-27-18-26(19-28(37)20-27)15-13-14-23(3)32(39)24(30)4/h8-12,14,16,18-20,22,24-25,29-30,32,37,39H,7,13,15,17,21H2,1-6H3,(H,35,40)(H,36,38)/b9-8+,12-10-,16-11+,23-14+. The minimum absolute atomic E-state index is 0.0422. The van der Waals surface area contributed by atoms with Crippen molar-refractivity contribution < 1.29 is 34.1 Å². The van der Waals surface area contributed by atoms with Crippen LogP contribution in [0.25, 0.3) is 0 Å². The van der Waals surface area contributed by atoms with E-state index in [0.29, 0.717) is 31.4 Å². The average molecular weight is 597 g/mol. The number of phenols is 1. The zero-order valence-electron chi connectivity index (χ0n) is 26.2. The fourth-order valence-electron chi connectivity index (χ4n) is 4.55. The Kier molecular flexibility index (Phi) is 14.9. The molecule has 0 fully saturated rings. The van der Waals surface area contributed by atoms with Crippen molar-refractivity contribution >= 4 is 23.5 Å². The maximum absolute atomic E-state index is 13.0. The maximum atomic E-state index is 13.0. The number of hydrogen-bond acceptors (Lipinski definition) is 7. The van der Waals surface area contributed by atoms with Crippen molar-refractivity contribution in [2.45, 2.75) is 91.1 Å². The van der Waals surface area contributed by atoms with Gasteiger partial charge in [-0.3, -0.25) is 9.59 Å². The van der Waals surface area contributed by atoms with Gasteiger partial charge in [0.05, 0.1) is 18.6 Å². The van der Waals surface area contributed by atoms with Gasteiger partial charge in [0, 0.05) is 37.1 Å². The number of phenolic OH excluding ortho intramolecular Hbond substituents is 1. The number of aliphatic hydroxyl groups excluding tert-OH is 1. The molecule has 9 heteroatoms. The van der Waals surface area contributed by atoms with Gasteiger partial charge in [0.2, 0.25) is 11.8 Å². The van der Waals surface area contributed by atoms with Crippen LogP contribution in [0.15, 0.2) is 66.3 Å². The van der Waals surface area contributed by atoms with E-state index in [9.17, 15) is 24.6 Å². The van der Waals surface area contributed by atoms with E-state index >= 15 is 0 Å². The Labute approximate surface area is 255 Å². The molecule has 0 aliphatic carbocycles. The van der Waals surface area contributed by atoms with Crippen LogP contribution in [0.4, 0.5) is 5.69 Å². The molecule has 43 heavy (non-hydrogen) atoms. The molecular weight excluding hydrogens is 548 g/mol. The number of hydrogen-bond donors (Lipinski definition) is 4. The molecule has 1 aromatic carbocycles. The minimum atomic E-state index is -0.881. The third-order valence-electron chi connectivity index (χ3n) is 7.60. The normalized spacial score (nSPS) is 27.1. The van der Waals surface area contributed by atoms with Crippen LogP contribution < -0.4 is 10.6 Å². The summed E-state index contributed by atoms with van der Waals surface area (Å²) in [6, 6.07) is 4.12. The van der Waals surface area contributed by atoms with Crippen molar-refractivity contribution in [1.29, 1.82) is 0 Å². The van der Waals surface area contributed by atoms with Crippen LogP contribution in [-0.4, -0.2) is 59.5 Å². The summed E-state index contributed by atoms with van der Waals surface area (Å²) >= 11 is 0. The number of benzene rings is 1. The number of fused-ring (bicyclic) bond motifs is 2. The van der Waals surface area contributed by atoms with Gasteiger partial charge in [-0.05, 0) is 56.4 Å². The number of esters is 1. The predicted molar refractivity (Wildman–Crippen MR) is 168 cm³/mol. The molecule has 0 saturated carbocycles. The van der Waals surface area contributed by atoms with Crippen molar-refractivity contribution in [3.63, 3.8) is 0 Å². The number of allylic oxidation sites excluding steroid dienone is 5. The lowest BCUT2D eigenvalue weighted by Crippen LogP contribution is -2.44. The first-order valence-electron chi connectivity index (χ1n) is 15.0. The summed E-state index contributed by atoms with van der Waals surface area (Å²) in [5.41, 5.74) is 2.04. The molecular formula is C34H48N2O7. The first-order valence-corrected chi connectivity index (χ1v) is 15.0. The van der Waals surface area contributed by atoms with Crippen LogP contribution in [0.5, 0.6) is 5.75 Å². The Balaban J connectivity index is 2.31. The van der Waals surface area contributed by atoms with E-state index in [1.54, 1.807) is 44.2 Å². The van der Waals surface area contributed by atoms with Crippen molar-refractivity contribution in [3.8, 4) is 5.75 Å². The Bertz CT molecular complexity index is 1200. The van der Waals surface area contributed by atoms with E-state index in [2.05, 4.69) is 10.6 Å². The molecule has 1 aliphatic rings. The first kappa shape index (κ1) is 35.5. The fourth-order valence-corrected chi connectivity index (χ4v) is 4.55. The van der Waals surface area contributed by atoms with E-state index in [1.807, 2.05) is 45.1 Å². The highest BCUT2D eigenvalue weighted by Gasteiger charge is 2.30. The molecule has 1 heterocycles. The number of anilines is 1.